The third-order valence-electron chi connectivity index (χ3n) is 5.20. The van der Waals surface area contributed by atoms with Crippen LogP contribution in [0.2, 0.25) is 0 Å². The zero-order valence-electron chi connectivity index (χ0n) is 19.5. The summed E-state index contributed by atoms with van der Waals surface area (Å²) in [5.74, 6) is 0.908. The highest BCUT2D eigenvalue weighted by molar-refractivity contribution is 7.99. The van der Waals surface area contributed by atoms with E-state index >= 15 is 0 Å². The monoisotopic (exact) mass is 488 g/mol. The Labute approximate surface area is 206 Å². The number of hydrazone groups is 1. The Hall–Kier alpha value is -4.11. The number of carbonyl (C=O) groups excluding carboxylic acids is 1. The Morgan fingerprint density at radius 1 is 1.09 bits per heavy atom. The van der Waals surface area contributed by atoms with Gasteiger partial charge in [-0.1, -0.05) is 41.6 Å². The highest BCUT2D eigenvalue weighted by atomic mass is 32.2. The minimum atomic E-state index is -0.336. The van der Waals surface area contributed by atoms with Crippen molar-refractivity contribution in [3.8, 4) is 17.2 Å². The van der Waals surface area contributed by atoms with Gasteiger partial charge in [0.25, 0.3) is 11.5 Å². The minimum absolute atomic E-state index is 0.0216. The smallest absolute Gasteiger partial charge is 0.266 e. The molecule has 0 fully saturated rings. The first-order chi connectivity index (χ1) is 17.0. The van der Waals surface area contributed by atoms with Crippen molar-refractivity contribution in [2.24, 2.45) is 5.10 Å². The molecule has 0 aliphatic rings. The van der Waals surface area contributed by atoms with E-state index in [1.54, 1.807) is 50.6 Å². The number of methoxy groups -OCH3 is 2. The van der Waals surface area contributed by atoms with Crippen molar-refractivity contribution in [3.63, 3.8) is 0 Å². The summed E-state index contributed by atoms with van der Waals surface area (Å²) in [6, 6.07) is 20.0. The van der Waals surface area contributed by atoms with Crippen molar-refractivity contribution in [3.05, 3.63) is 88.2 Å². The number of aryl methyl sites for hydroxylation is 1. The Bertz CT molecular complexity index is 1450. The van der Waals surface area contributed by atoms with Gasteiger partial charge >= 0.3 is 0 Å². The van der Waals surface area contributed by atoms with Crippen molar-refractivity contribution in [1.29, 1.82) is 0 Å². The van der Waals surface area contributed by atoms with Crippen LogP contribution < -0.4 is 20.5 Å². The van der Waals surface area contributed by atoms with Gasteiger partial charge in [-0.3, -0.25) is 14.2 Å². The molecule has 0 radical (unpaired) electrons. The fourth-order valence-electron chi connectivity index (χ4n) is 3.39. The van der Waals surface area contributed by atoms with Gasteiger partial charge in [0.15, 0.2) is 5.16 Å². The van der Waals surface area contributed by atoms with E-state index in [4.69, 9.17) is 9.47 Å². The van der Waals surface area contributed by atoms with Crippen LogP contribution in [0.5, 0.6) is 11.5 Å². The Morgan fingerprint density at radius 3 is 2.60 bits per heavy atom. The summed E-state index contributed by atoms with van der Waals surface area (Å²) in [5, 5.41) is 4.97. The zero-order chi connectivity index (χ0) is 24.8. The van der Waals surface area contributed by atoms with Crippen LogP contribution in [0.15, 0.2) is 81.8 Å². The number of thioether (sulfide) groups is 1. The molecule has 0 saturated heterocycles. The largest absolute Gasteiger partial charge is 0.497 e. The number of nitrogens with zero attached hydrogens (tertiary/aromatic N) is 3. The molecule has 1 heterocycles. The van der Waals surface area contributed by atoms with Gasteiger partial charge in [-0.25, -0.2) is 10.4 Å². The molecule has 0 bridgehead atoms. The molecule has 8 nitrogen and oxygen atoms in total. The molecule has 1 N–H and O–H groups in total. The number of fused-ring (bicyclic) bond motifs is 1. The van der Waals surface area contributed by atoms with Gasteiger partial charge < -0.3 is 9.47 Å². The van der Waals surface area contributed by atoms with Crippen LogP contribution >= 0.6 is 11.8 Å². The van der Waals surface area contributed by atoms with Crippen LogP contribution in [-0.4, -0.2) is 41.6 Å². The number of hydrogen-bond acceptors (Lipinski definition) is 7. The highest BCUT2D eigenvalue weighted by Crippen LogP contribution is 2.23. The first-order valence-corrected chi connectivity index (χ1v) is 11.7. The number of amides is 1. The molecule has 3 aromatic carbocycles. The molecule has 0 unspecified atom stereocenters. The fraction of sp³-hybridized carbons (Fsp3) is 0.154. The molecule has 1 aromatic heterocycles. The number of benzene rings is 3. The lowest BCUT2D eigenvalue weighted by Crippen LogP contribution is -2.24. The number of rotatable bonds is 8. The number of hydrogen-bond donors (Lipinski definition) is 1. The van der Waals surface area contributed by atoms with Crippen LogP contribution in [0, 0.1) is 6.92 Å². The van der Waals surface area contributed by atoms with Crippen molar-refractivity contribution < 1.29 is 14.3 Å². The average Bonchev–Trinajstić information content (AvgIpc) is 2.88. The molecule has 0 aliphatic heterocycles. The van der Waals surface area contributed by atoms with E-state index in [9.17, 15) is 9.59 Å². The Kier molecular flexibility index (Phi) is 7.47. The third-order valence-corrected chi connectivity index (χ3v) is 6.14. The van der Waals surface area contributed by atoms with Gasteiger partial charge in [0.2, 0.25) is 0 Å². The quantitative estimate of drug-likeness (QED) is 0.175. The summed E-state index contributed by atoms with van der Waals surface area (Å²) in [7, 11) is 3.12. The Morgan fingerprint density at radius 2 is 1.86 bits per heavy atom. The molecule has 0 spiro atoms. The SMILES string of the molecule is COc1ccc(C=NNC(=O)CSc2nc3ccccc3c(=O)n2-c2ccc(C)cc2)c(OC)c1. The normalized spacial score (nSPS) is 11.1. The van der Waals surface area contributed by atoms with Gasteiger partial charge in [0.1, 0.15) is 11.5 Å². The second-order valence-corrected chi connectivity index (χ2v) is 8.52. The topological polar surface area (TPSA) is 94.8 Å². The highest BCUT2D eigenvalue weighted by Gasteiger charge is 2.14. The summed E-state index contributed by atoms with van der Waals surface area (Å²) in [6.45, 7) is 1.98. The second-order valence-electron chi connectivity index (χ2n) is 7.58. The van der Waals surface area contributed by atoms with Crippen LogP contribution in [0.25, 0.3) is 16.6 Å². The van der Waals surface area contributed by atoms with E-state index in [0.717, 1.165) is 5.56 Å². The van der Waals surface area contributed by atoms with E-state index in [1.807, 2.05) is 37.3 Å². The van der Waals surface area contributed by atoms with Gasteiger partial charge in [0.05, 0.1) is 42.8 Å². The predicted octanol–water partition coefficient (Wildman–Crippen LogP) is 3.95. The molecular formula is C26H24N4O4S. The molecular weight excluding hydrogens is 464 g/mol. The minimum Gasteiger partial charge on any atom is -0.497 e. The third kappa shape index (κ3) is 5.52. The maximum absolute atomic E-state index is 13.3. The van der Waals surface area contributed by atoms with E-state index in [-0.39, 0.29) is 17.2 Å². The van der Waals surface area contributed by atoms with Crippen LogP contribution in [0.4, 0.5) is 0 Å². The molecule has 0 saturated carbocycles. The van der Waals surface area contributed by atoms with Crippen molar-refractivity contribution >= 4 is 34.8 Å². The molecule has 1 amide bonds. The van der Waals surface area contributed by atoms with Crippen molar-refractivity contribution in [1.82, 2.24) is 15.0 Å². The first kappa shape index (κ1) is 24.0. The number of para-hydroxylation sites is 1. The predicted molar refractivity (Wildman–Crippen MR) is 138 cm³/mol. The lowest BCUT2D eigenvalue weighted by Gasteiger charge is -2.13. The first-order valence-electron chi connectivity index (χ1n) is 10.8. The standard InChI is InChI=1S/C26H24N4O4S/c1-17-8-11-19(12-9-17)30-25(32)21-6-4-5-7-22(21)28-26(30)35-16-24(31)29-27-15-18-10-13-20(33-2)14-23(18)34-3/h4-15H,16H2,1-3H3,(H,29,31). The molecule has 178 valence electrons. The fourth-order valence-corrected chi connectivity index (χ4v) is 4.20. The summed E-state index contributed by atoms with van der Waals surface area (Å²) in [4.78, 5) is 30.4. The second kappa shape index (κ2) is 10.9. The van der Waals surface area contributed by atoms with Crippen molar-refractivity contribution in [2.75, 3.05) is 20.0 Å². The Balaban J connectivity index is 1.53. The van der Waals surface area contributed by atoms with E-state index in [2.05, 4.69) is 15.5 Å². The van der Waals surface area contributed by atoms with Gasteiger partial charge in [-0.15, -0.1) is 0 Å². The van der Waals surface area contributed by atoms with E-state index in [0.29, 0.717) is 38.8 Å². The number of carbonyl (C=O) groups is 1. The number of nitrogens with one attached hydrogen (secondary N) is 1. The maximum Gasteiger partial charge on any atom is 0.266 e. The van der Waals surface area contributed by atoms with Crippen LogP contribution in [0.1, 0.15) is 11.1 Å². The zero-order valence-corrected chi connectivity index (χ0v) is 20.3. The van der Waals surface area contributed by atoms with Crippen LogP contribution in [0.3, 0.4) is 0 Å². The summed E-state index contributed by atoms with van der Waals surface area (Å²) in [5.41, 5.74) is 5.35. The molecule has 9 heteroatoms. The molecule has 4 aromatic rings. The van der Waals surface area contributed by atoms with Crippen LogP contribution in [-0.2, 0) is 4.79 Å². The summed E-state index contributed by atoms with van der Waals surface area (Å²) in [6.07, 6.45) is 1.50. The summed E-state index contributed by atoms with van der Waals surface area (Å²) >= 11 is 1.17. The molecule has 0 atom stereocenters. The lowest BCUT2D eigenvalue weighted by molar-refractivity contribution is -0.118. The van der Waals surface area contributed by atoms with Crippen molar-refractivity contribution in [2.45, 2.75) is 12.1 Å². The molecule has 35 heavy (non-hydrogen) atoms. The van der Waals surface area contributed by atoms with E-state index < -0.39 is 0 Å². The lowest BCUT2D eigenvalue weighted by atomic mass is 10.2. The average molecular weight is 489 g/mol. The van der Waals surface area contributed by atoms with Gasteiger partial charge in [0, 0.05) is 11.6 Å². The van der Waals surface area contributed by atoms with Gasteiger partial charge in [-0.05, 0) is 43.3 Å². The molecule has 4 rings (SSSR count). The van der Waals surface area contributed by atoms with Gasteiger partial charge in [-0.2, -0.15) is 5.10 Å². The molecule has 0 aliphatic carbocycles. The number of ether oxygens (including phenoxy) is 2. The summed E-state index contributed by atoms with van der Waals surface area (Å²) < 4.78 is 12.0. The number of aromatic nitrogens is 2. The maximum atomic E-state index is 13.3. The van der Waals surface area contributed by atoms with E-state index in [1.165, 1.54) is 22.5 Å².